The number of alkyl carbamates (subject to hydrolysis) is 1. The molecule has 1 aliphatic heterocycles. The number of carbonyl (C=O) groups is 1. The second kappa shape index (κ2) is 6.48. The highest BCUT2D eigenvalue weighted by molar-refractivity contribution is 5.68. The van der Waals surface area contributed by atoms with Crippen molar-refractivity contribution in [2.45, 2.75) is 58.2 Å². The van der Waals surface area contributed by atoms with Crippen LogP contribution in [0.5, 0.6) is 0 Å². The second-order valence-electron chi connectivity index (χ2n) is 6.65. The number of aliphatic hydroxyl groups is 3. The topological polar surface area (TPSA) is 108 Å². The van der Waals surface area contributed by atoms with E-state index >= 15 is 0 Å². The Morgan fingerprint density at radius 1 is 1.33 bits per heavy atom. The van der Waals surface area contributed by atoms with Crippen molar-refractivity contribution in [3.63, 3.8) is 0 Å². The molecular formula is C14H27NO6. The average molecular weight is 305 g/mol. The molecule has 1 aliphatic rings. The highest BCUT2D eigenvalue weighted by Gasteiger charge is 2.51. The second-order valence-corrected chi connectivity index (χ2v) is 6.65. The van der Waals surface area contributed by atoms with E-state index in [2.05, 4.69) is 5.32 Å². The molecular weight excluding hydrogens is 278 g/mol. The van der Waals surface area contributed by atoms with E-state index in [0.29, 0.717) is 0 Å². The number of hydrogen-bond donors (Lipinski definition) is 4. The van der Waals surface area contributed by atoms with Gasteiger partial charge < -0.3 is 24.8 Å². The molecule has 0 aromatic carbocycles. The minimum absolute atomic E-state index is 0.315. The Morgan fingerprint density at radius 2 is 1.90 bits per heavy atom. The summed E-state index contributed by atoms with van der Waals surface area (Å²) in [5.41, 5.74) is -2.18. The highest BCUT2D eigenvalue weighted by atomic mass is 16.6. The Morgan fingerprint density at radius 3 is 2.33 bits per heavy atom. The molecule has 0 aromatic heterocycles. The van der Waals surface area contributed by atoms with E-state index in [-0.39, 0.29) is 12.5 Å². The van der Waals surface area contributed by atoms with Gasteiger partial charge in [0.2, 0.25) is 0 Å². The fraction of sp³-hybridized carbons (Fsp3) is 0.929. The molecule has 4 N–H and O–H groups in total. The van der Waals surface area contributed by atoms with Gasteiger partial charge in [0, 0.05) is 11.8 Å². The van der Waals surface area contributed by atoms with E-state index in [1.165, 1.54) is 0 Å². The summed E-state index contributed by atoms with van der Waals surface area (Å²) >= 11 is 0. The maximum Gasteiger partial charge on any atom is 0.409 e. The normalized spacial score (nSPS) is 37.1. The van der Waals surface area contributed by atoms with Gasteiger partial charge >= 0.3 is 6.09 Å². The lowest BCUT2D eigenvalue weighted by Gasteiger charge is -2.49. The number of aliphatic hydroxyl groups excluding tert-OH is 3. The molecule has 21 heavy (non-hydrogen) atoms. The van der Waals surface area contributed by atoms with Gasteiger partial charge in [0.15, 0.2) is 5.72 Å². The number of hydrogen-bond acceptors (Lipinski definition) is 6. The zero-order valence-corrected chi connectivity index (χ0v) is 13.3. The molecule has 7 heteroatoms. The lowest BCUT2D eigenvalue weighted by Crippen LogP contribution is -2.67. The maximum atomic E-state index is 12.0. The van der Waals surface area contributed by atoms with Gasteiger partial charge in [-0.05, 0) is 20.8 Å². The number of rotatable bonds is 3. The highest BCUT2D eigenvalue weighted by Crippen LogP contribution is 2.36. The van der Waals surface area contributed by atoms with E-state index < -0.39 is 42.2 Å². The van der Waals surface area contributed by atoms with E-state index in [1.54, 1.807) is 34.6 Å². The Kier molecular flexibility index (Phi) is 5.60. The molecule has 0 unspecified atom stereocenters. The predicted molar refractivity (Wildman–Crippen MR) is 75.5 cm³/mol. The van der Waals surface area contributed by atoms with Crippen LogP contribution in [0, 0.1) is 11.8 Å². The van der Waals surface area contributed by atoms with Crippen molar-refractivity contribution >= 4 is 6.09 Å². The van der Waals surface area contributed by atoms with Gasteiger partial charge in [0.1, 0.15) is 5.60 Å². The molecule has 0 bridgehead atoms. The smallest absolute Gasteiger partial charge is 0.409 e. The molecule has 5 atom stereocenters. The molecule has 1 fully saturated rings. The van der Waals surface area contributed by atoms with Crippen LogP contribution in [0.3, 0.4) is 0 Å². The third kappa shape index (κ3) is 4.06. The quantitative estimate of drug-likeness (QED) is 0.594. The first-order valence-electron chi connectivity index (χ1n) is 7.15. The van der Waals surface area contributed by atoms with Crippen LogP contribution in [-0.2, 0) is 9.47 Å². The molecule has 0 aliphatic carbocycles. The van der Waals surface area contributed by atoms with Crippen molar-refractivity contribution in [1.29, 1.82) is 0 Å². The molecule has 1 amide bonds. The van der Waals surface area contributed by atoms with Crippen molar-refractivity contribution in [2.24, 2.45) is 11.8 Å². The number of nitrogens with one attached hydrogen (secondary N) is 1. The molecule has 1 rings (SSSR count). The van der Waals surface area contributed by atoms with Crippen LogP contribution < -0.4 is 5.32 Å². The standard InChI is InChI=1S/C14H27NO6/c1-8-10(6-16)20-14(7-17,9(2)11(8)18)15-12(19)21-13(3,4)5/h8-11,16-18H,6-7H2,1-5H3,(H,15,19)/t8-,9-,10-,11-,14+/m1/s1. The summed E-state index contributed by atoms with van der Waals surface area (Å²) in [4.78, 5) is 12.0. The molecule has 1 saturated heterocycles. The van der Waals surface area contributed by atoms with Crippen molar-refractivity contribution in [3.05, 3.63) is 0 Å². The maximum absolute atomic E-state index is 12.0. The Balaban J connectivity index is 2.93. The Hall–Kier alpha value is -0.890. The summed E-state index contributed by atoms with van der Waals surface area (Å²) in [6.45, 7) is 7.72. The van der Waals surface area contributed by atoms with Gasteiger partial charge in [-0.2, -0.15) is 0 Å². The van der Waals surface area contributed by atoms with E-state index in [4.69, 9.17) is 9.47 Å². The lowest BCUT2D eigenvalue weighted by molar-refractivity contribution is -0.251. The summed E-state index contributed by atoms with van der Waals surface area (Å²) in [6.07, 6.45) is -2.27. The zero-order valence-electron chi connectivity index (χ0n) is 13.3. The molecule has 124 valence electrons. The van der Waals surface area contributed by atoms with Gasteiger partial charge in [-0.3, -0.25) is 5.32 Å². The molecule has 0 saturated carbocycles. The van der Waals surface area contributed by atoms with Crippen LogP contribution in [0.1, 0.15) is 34.6 Å². The van der Waals surface area contributed by atoms with E-state index in [9.17, 15) is 20.1 Å². The minimum Gasteiger partial charge on any atom is -0.444 e. The summed E-state index contributed by atoms with van der Waals surface area (Å²) in [5.74, 6) is -0.877. The molecule has 1 heterocycles. The van der Waals surface area contributed by atoms with Crippen molar-refractivity contribution < 1.29 is 29.6 Å². The van der Waals surface area contributed by atoms with Crippen molar-refractivity contribution in [1.82, 2.24) is 5.32 Å². The third-order valence-electron chi connectivity index (χ3n) is 3.86. The first kappa shape index (κ1) is 18.2. The van der Waals surface area contributed by atoms with Gasteiger partial charge in [0.25, 0.3) is 0 Å². The predicted octanol–water partition coefficient (Wildman–Crippen LogP) is 0.224. The average Bonchev–Trinajstić information content (AvgIpc) is 2.37. The SMILES string of the molecule is C[C@H]1[C@@H](O)[C@@H](C)[C@@](CO)(NC(=O)OC(C)(C)C)O[C@@H]1CO. The first-order chi connectivity index (χ1) is 9.56. The van der Waals surface area contributed by atoms with Crippen LogP contribution in [-0.4, -0.2) is 58.2 Å². The van der Waals surface area contributed by atoms with Crippen LogP contribution in [0.4, 0.5) is 4.79 Å². The molecule has 7 nitrogen and oxygen atoms in total. The number of amides is 1. The van der Waals surface area contributed by atoms with Crippen molar-refractivity contribution in [3.8, 4) is 0 Å². The molecule has 0 aromatic rings. The van der Waals surface area contributed by atoms with Crippen LogP contribution in [0.15, 0.2) is 0 Å². The summed E-state index contributed by atoms with van der Waals surface area (Å²) < 4.78 is 10.8. The van der Waals surface area contributed by atoms with Crippen LogP contribution in [0.25, 0.3) is 0 Å². The van der Waals surface area contributed by atoms with E-state index in [1.807, 2.05) is 0 Å². The fourth-order valence-electron chi connectivity index (χ4n) is 2.48. The monoisotopic (exact) mass is 305 g/mol. The summed E-state index contributed by atoms with van der Waals surface area (Å²) in [5, 5.41) is 31.8. The largest absolute Gasteiger partial charge is 0.444 e. The van der Waals surface area contributed by atoms with Crippen LogP contribution >= 0.6 is 0 Å². The fourth-order valence-corrected chi connectivity index (χ4v) is 2.48. The van der Waals surface area contributed by atoms with Gasteiger partial charge in [-0.25, -0.2) is 4.79 Å². The Bertz CT molecular complexity index is 367. The molecule has 0 radical (unpaired) electrons. The van der Waals surface area contributed by atoms with Gasteiger partial charge in [-0.1, -0.05) is 13.8 Å². The molecule has 0 spiro atoms. The number of carbonyl (C=O) groups excluding carboxylic acids is 1. The first-order valence-corrected chi connectivity index (χ1v) is 7.15. The van der Waals surface area contributed by atoms with E-state index in [0.717, 1.165) is 0 Å². The van der Waals surface area contributed by atoms with Gasteiger partial charge in [-0.15, -0.1) is 0 Å². The van der Waals surface area contributed by atoms with Crippen LogP contribution in [0.2, 0.25) is 0 Å². The minimum atomic E-state index is -1.48. The summed E-state index contributed by atoms with van der Waals surface area (Å²) in [7, 11) is 0. The summed E-state index contributed by atoms with van der Waals surface area (Å²) in [6, 6.07) is 0. The lowest BCUT2D eigenvalue weighted by atomic mass is 9.79. The third-order valence-corrected chi connectivity index (χ3v) is 3.86. The van der Waals surface area contributed by atoms with Gasteiger partial charge in [0.05, 0.1) is 25.4 Å². The number of ether oxygens (including phenoxy) is 2. The zero-order chi connectivity index (χ0) is 16.4. The van der Waals surface area contributed by atoms with Crippen molar-refractivity contribution in [2.75, 3.05) is 13.2 Å². The Labute approximate surface area is 125 Å².